The molecule has 1 amide bonds. The van der Waals surface area contributed by atoms with E-state index in [2.05, 4.69) is 20.9 Å². The second-order valence-corrected chi connectivity index (χ2v) is 6.55. The Bertz CT molecular complexity index is 696. The highest BCUT2D eigenvalue weighted by Crippen LogP contribution is 2.33. The number of pyridine rings is 1. The SMILES string of the molecule is Cn1cccc1C(=O)N1CC[C@@H]2[C@@H]1CCN2Cc1cccnc1. The maximum atomic E-state index is 12.8. The topological polar surface area (TPSA) is 41.4 Å². The summed E-state index contributed by atoms with van der Waals surface area (Å²) < 4.78 is 1.91. The van der Waals surface area contributed by atoms with Crippen molar-refractivity contribution >= 4 is 5.91 Å². The Kier molecular flexibility index (Phi) is 3.65. The van der Waals surface area contributed by atoms with E-state index in [1.165, 1.54) is 5.56 Å². The summed E-state index contributed by atoms with van der Waals surface area (Å²) in [7, 11) is 1.93. The summed E-state index contributed by atoms with van der Waals surface area (Å²) in [6.07, 6.45) is 7.83. The van der Waals surface area contributed by atoms with Crippen LogP contribution in [0.2, 0.25) is 0 Å². The van der Waals surface area contributed by atoms with E-state index < -0.39 is 0 Å². The molecule has 2 fully saturated rings. The molecule has 0 radical (unpaired) electrons. The lowest BCUT2D eigenvalue weighted by atomic mass is 10.1. The van der Waals surface area contributed by atoms with Crippen LogP contribution in [0.15, 0.2) is 42.9 Å². The van der Waals surface area contributed by atoms with E-state index in [9.17, 15) is 4.79 Å². The van der Waals surface area contributed by atoms with Crippen LogP contribution < -0.4 is 0 Å². The highest BCUT2D eigenvalue weighted by molar-refractivity contribution is 5.93. The molecule has 0 aliphatic carbocycles. The lowest BCUT2D eigenvalue weighted by molar-refractivity contribution is 0.0722. The zero-order valence-corrected chi connectivity index (χ0v) is 13.4. The van der Waals surface area contributed by atoms with E-state index in [1.807, 2.05) is 48.4 Å². The highest BCUT2D eigenvalue weighted by atomic mass is 16.2. The molecule has 5 nitrogen and oxygen atoms in total. The fraction of sp³-hybridized carbons (Fsp3) is 0.444. The Morgan fingerprint density at radius 3 is 2.83 bits per heavy atom. The van der Waals surface area contributed by atoms with Gasteiger partial charge in [-0.1, -0.05) is 6.07 Å². The summed E-state index contributed by atoms with van der Waals surface area (Å²) in [5, 5.41) is 0. The van der Waals surface area contributed by atoms with Crippen molar-refractivity contribution in [3.63, 3.8) is 0 Å². The minimum Gasteiger partial charge on any atom is -0.347 e. The average molecular weight is 310 g/mol. The molecule has 0 aromatic carbocycles. The molecule has 0 bridgehead atoms. The number of fused-ring (bicyclic) bond motifs is 1. The average Bonchev–Trinajstić information content (AvgIpc) is 3.25. The molecule has 23 heavy (non-hydrogen) atoms. The van der Waals surface area contributed by atoms with Gasteiger partial charge in [-0.15, -0.1) is 0 Å². The first kappa shape index (κ1) is 14.5. The Labute approximate surface area is 136 Å². The second-order valence-electron chi connectivity index (χ2n) is 6.55. The largest absolute Gasteiger partial charge is 0.347 e. The lowest BCUT2D eigenvalue weighted by Gasteiger charge is -2.25. The number of carbonyl (C=O) groups is 1. The molecule has 5 heteroatoms. The van der Waals surface area contributed by atoms with E-state index in [4.69, 9.17) is 0 Å². The summed E-state index contributed by atoms with van der Waals surface area (Å²) in [5.41, 5.74) is 2.04. The first-order valence-corrected chi connectivity index (χ1v) is 8.29. The summed E-state index contributed by atoms with van der Waals surface area (Å²) in [6.45, 7) is 2.85. The van der Waals surface area contributed by atoms with E-state index in [0.29, 0.717) is 12.1 Å². The van der Waals surface area contributed by atoms with Crippen LogP contribution in [0.3, 0.4) is 0 Å². The molecule has 120 valence electrons. The third kappa shape index (κ3) is 2.55. The molecule has 4 heterocycles. The van der Waals surface area contributed by atoms with Crippen molar-refractivity contribution in [1.82, 2.24) is 19.4 Å². The van der Waals surface area contributed by atoms with Crippen molar-refractivity contribution in [2.75, 3.05) is 13.1 Å². The molecule has 2 aliphatic heterocycles. The quantitative estimate of drug-likeness (QED) is 0.869. The van der Waals surface area contributed by atoms with Crippen molar-refractivity contribution in [2.24, 2.45) is 7.05 Å². The summed E-state index contributed by atoms with van der Waals surface area (Å²) >= 11 is 0. The van der Waals surface area contributed by atoms with Gasteiger partial charge in [-0.3, -0.25) is 14.7 Å². The predicted octanol–water partition coefficient (Wildman–Crippen LogP) is 1.91. The van der Waals surface area contributed by atoms with Crippen LogP contribution in [0, 0.1) is 0 Å². The van der Waals surface area contributed by atoms with Crippen LogP contribution in [0.25, 0.3) is 0 Å². The zero-order chi connectivity index (χ0) is 15.8. The minimum absolute atomic E-state index is 0.174. The predicted molar refractivity (Wildman–Crippen MR) is 87.9 cm³/mol. The number of carbonyl (C=O) groups excluding carboxylic acids is 1. The van der Waals surface area contributed by atoms with E-state index in [-0.39, 0.29) is 5.91 Å². The number of amides is 1. The van der Waals surface area contributed by atoms with Crippen LogP contribution in [0.5, 0.6) is 0 Å². The van der Waals surface area contributed by atoms with Gasteiger partial charge in [0.15, 0.2) is 0 Å². The molecule has 0 spiro atoms. The van der Waals surface area contributed by atoms with E-state index in [1.54, 1.807) is 0 Å². The van der Waals surface area contributed by atoms with Gasteiger partial charge >= 0.3 is 0 Å². The molecule has 2 aromatic heterocycles. The molecule has 2 saturated heterocycles. The molecule has 2 aliphatic rings. The normalized spacial score (nSPS) is 24.1. The van der Waals surface area contributed by atoms with Crippen LogP contribution in [0.1, 0.15) is 28.9 Å². The van der Waals surface area contributed by atoms with Crippen molar-refractivity contribution in [3.8, 4) is 0 Å². The Hall–Kier alpha value is -2.14. The number of likely N-dealkylation sites (tertiary alicyclic amines) is 2. The molecule has 2 atom stereocenters. The maximum absolute atomic E-state index is 12.8. The molecular weight excluding hydrogens is 288 g/mol. The third-order valence-corrected chi connectivity index (χ3v) is 5.22. The van der Waals surface area contributed by atoms with E-state index in [0.717, 1.165) is 38.2 Å². The number of hydrogen-bond donors (Lipinski definition) is 0. The van der Waals surface area contributed by atoms with Gasteiger partial charge in [-0.2, -0.15) is 0 Å². The van der Waals surface area contributed by atoms with Crippen molar-refractivity contribution in [3.05, 3.63) is 54.1 Å². The summed E-state index contributed by atoms with van der Waals surface area (Å²) in [4.78, 5) is 21.6. The van der Waals surface area contributed by atoms with Gasteiger partial charge in [-0.25, -0.2) is 0 Å². The van der Waals surface area contributed by atoms with Gasteiger partial charge in [0.1, 0.15) is 5.69 Å². The Morgan fingerprint density at radius 2 is 2.09 bits per heavy atom. The van der Waals surface area contributed by atoms with Crippen molar-refractivity contribution < 1.29 is 4.79 Å². The first-order chi connectivity index (χ1) is 11.2. The number of rotatable bonds is 3. The van der Waals surface area contributed by atoms with Crippen LogP contribution in [-0.4, -0.2) is 50.4 Å². The molecule has 2 aromatic rings. The van der Waals surface area contributed by atoms with Crippen LogP contribution in [-0.2, 0) is 13.6 Å². The number of hydrogen-bond acceptors (Lipinski definition) is 3. The maximum Gasteiger partial charge on any atom is 0.270 e. The van der Waals surface area contributed by atoms with Gasteiger partial charge in [0.05, 0.1) is 0 Å². The van der Waals surface area contributed by atoms with E-state index >= 15 is 0 Å². The first-order valence-electron chi connectivity index (χ1n) is 8.29. The smallest absolute Gasteiger partial charge is 0.270 e. The molecule has 0 saturated carbocycles. The van der Waals surface area contributed by atoms with Gasteiger partial charge in [-0.05, 0) is 36.6 Å². The fourth-order valence-electron chi connectivity index (χ4n) is 4.08. The Morgan fingerprint density at radius 1 is 1.22 bits per heavy atom. The zero-order valence-electron chi connectivity index (χ0n) is 13.4. The van der Waals surface area contributed by atoms with Crippen molar-refractivity contribution in [1.29, 1.82) is 0 Å². The van der Waals surface area contributed by atoms with Crippen LogP contribution in [0.4, 0.5) is 0 Å². The summed E-state index contributed by atoms with van der Waals surface area (Å²) in [5.74, 6) is 0.174. The number of aryl methyl sites for hydroxylation is 1. The molecule has 0 N–H and O–H groups in total. The standard InChI is InChI=1S/C18H22N4O/c1-20-9-3-5-17(20)18(23)22-11-7-15-16(22)6-10-21(15)13-14-4-2-8-19-12-14/h2-5,8-9,12,15-16H,6-7,10-11,13H2,1H3/t15-,16+/m1/s1. The number of aromatic nitrogens is 2. The Balaban J connectivity index is 1.48. The number of nitrogens with zero attached hydrogens (tertiary/aromatic N) is 4. The third-order valence-electron chi connectivity index (χ3n) is 5.22. The molecule has 0 unspecified atom stereocenters. The lowest BCUT2D eigenvalue weighted by Crippen LogP contribution is -2.40. The monoisotopic (exact) mass is 310 g/mol. The summed E-state index contributed by atoms with van der Waals surface area (Å²) in [6, 6.07) is 8.81. The fourth-order valence-corrected chi connectivity index (χ4v) is 4.08. The van der Waals surface area contributed by atoms with Gasteiger partial charge in [0.2, 0.25) is 0 Å². The molecule has 4 rings (SSSR count). The van der Waals surface area contributed by atoms with Crippen LogP contribution >= 0.6 is 0 Å². The van der Waals surface area contributed by atoms with Gasteiger partial charge in [0.25, 0.3) is 5.91 Å². The van der Waals surface area contributed by atoms with Gasteiger partial charge < -0.3 is 9.47 Å². The highest BCUT2D eigenvalue weighted by Gasteiger charge is 2.44. The second kappa shape index (κ2) is 5.81. The molecular formula is C18H22N4O. The minimum atomic E-state index is 0.174. The van der Waals surface area contributed by atoms with Gasteiger partial charge in [0, 0.05) is 57.4 Å². The van der Waals surface area contributed by atoms with Crippen molar-refractivity contribution in [2.45, 2.75) is 31.5 Å².